The maximum absolute atomic E-state index is 9.84. The molecule has 0 aliphatic heterocycles. The van der Waals surface area contributed by atoms with Crippen LogP contribution in [0.4, 0.5) is 0 Å². The summed E-state index contributed by atoms with van der Waals surface area (Å²) in [6, 6.07) is 19.9. The Kier molecular flexibility index (Phi) is 16.9. The van der Waals surface area contributed by atoms with Crippen LogP contribution in [0.25, 0.3) is 0 Å². The second kappa shape index (κ2) is 17.3. The van der Waals surface area contributed by atoms with Crippen LogP contribution in [0.3, 0.4) is 0 Å². The molecular formula is C21H26O2. The molecule has 2 aromatic rings. The number of terminal acetylenes is 1. The van der Waals surface area contributed by atoms with Crippen LogP contribution < -0.4 is 0 Å². The highest BCUT2D eigenvalue weighted by atomic mass is 16.5. The molecule has 0 aliphatic rings. The Balaban J connectivity index is 0. The number of hydrogen-bond donors (Lipinski definition) is 0. The summed E-state index contributed by atoms with van der Waals surface area (Å²) in [5, 5.41) is 0. The fourth-order valence-electron chi connectivity index (χ4n) is 1.15. The first-order valence-electron chi connectivity index (χ1n) is 7.37. The van der Waals surface area contributed by atoms with Gasteiger partial charge in [-0.05, 0) is 19.1 Å². The van der Waals surface area contributed by atoms with Crippen molar-refractivity contribution >= 4 is 5.97 Å². The van der Waals surface area contributed by atoms with Gasteiger partial charge in [-0.15, -0.1) is 6.42 Å². The molecule has 0 saturated heterocycles. The first-order chi connectivity index (χ1) is 11.1. The van der Waals surface area contributed by atoms with Crippen molar-refractivity contribution in [3.8, 4) is 12.3 Å². The summed E-state index contributed by atoms with van der Waals surface area (Å²) in [5.74, 6) is 2.13. The summed E-state index contributed by atoms with van der Waals surface area (Å²) in [4.78, 5) is 9.84. The Hall–Kier alpha value is -2.79. The zero-order valence-electron chi connectivity index (χ0n) is 14.5. The quantitative estimate of drug-likeness (QED) is 0.419. The lowest BCUT2D eigenvalue weighted by Crippen LogP contribution is -1.91. The minimum atomic E-state index is -0.394. The molecule has 2 rings (SSSR count). The Morgan fingerprint density at radius 1 is 1.04 bits per heavy atom. The average molecular weight is 310 g/mol. The molecule has 0 bridgehead atoms. The van der Waals surface area contributed by atoms with E-state index in [1.165, 1.54) is 12.7 Å². The largest absolute Gasteiger partial charge is 0.466 e. The van der Waals surface area contributed by atoms with Gasteiger partial charge >= 0.3 is 5.97 Å². The van der Waals surface area contributed by atoms with Crippen molar-refractivity contribution in [1.29, 1.82) is 0 Å². The number of ether oxygens (including phenoxy) is 1. The van der Waals surface area contributed by atoms with Crippen LogP contribution in [-0.2, 0) is 9.53 Å². The van der Waals surface area contributed by atoms with E-state index in [-0.39, 0.29) is 0 Å². The topological polar surface area (TPSA) is 26.3 Å². The molecular weight excluding hydrogens is 284 g/mol. The third kappa shape index (κ3) is 15.4. The van der Waals surface area contributed by atoms with E-state index in [1.54, 1.807) is 0 Å². The zero-order chi connectivity index (χ0) is 17.9. The zero-order valence-corrected chi connectivity index (χ0v) is 14.5. The number of benzene rings is 2. The molecule has 0 atom stereocenters. The number of aryl methyl sites for hydroxylation is 1. The summed E-state index contributed by atoms with van der Waals surface area (Å²) < 4.78 is 4.14. The van der Waals surface area contributed by atoms with Gasteiger partial charge in [0.25, 0.3) is 0 Å². The van der Waals surface area contributed by atoms with E-state index in [9.17, 15) is 4.79 Å². The molecule has 23 heavy (non-hydrogen) atoms. The van der Waals surface area contributed by atoms with Crippen molar-refractivity contribution in [2.75, 3.05) is 7.11 Å². The molecule has 0 unspecified atom stereocenters. The maximum atomic E-state index is 9.84. The van der Waals surface area contributed by atoms with Crippen LogP contribution in [-0.4, -0.2) is 13.1 Å². The highest BCUT2D eigenvalue weighted by molar-refractivity contribution is 5.80. The van der Waals surface area contributed by atoms with E-state index in [0.29, 0.717) is 0 Å². The van der Waals surface area contributed by atoms with Gasteiger partial charge in [0.05, 0.1) is 7.11 Å². The summed E-state index contributed by atoms with van der Waals surface area (Å²) in [6.45, 7) is 9.24. The summed E-state index contributed by atoms with van der Waals surface area (Å²) in [5.41, 5.74) is 2.26. The van der Waals surface area contributed by atoms with Crippen LogP contribution in [0.15, 0.2) is 73.3 Å². The minimum Gasteiger partial charge on any atom is -0.466 e. The van der Waals surface area contributed by atoms with E-state index in [4.69, 9.17) is 6.42 Å². The number of carbonyl (C=O) groups excluding carboxylic acids is 1. The van der Waals surface area contributed by atoms with Gasteiger partial charge in [-0.25, -0.2) is 4.79 Å². The summed E-state index contributed by atoms with van der Waals surface area (Å²) >= 11 is 0. The van der Waals surface area contributed by atoms with Gasteiger partial charge in [0.15, 0.2) is 0 Å². The van der Waals surface area contributed by atoms with Gasteiger partial charge in [-0.1, -0.05) is 80.4 Å². The normalized spacial score (nSPS) is 7.43. The molecule has 0 saturated carbocycles. The molecule has 2 heteroatoms. The number of rotatable bonds is 1. The molecule has 0 N–H and O–H groups in total. The number of methoxy groups -OCH3 is 1. The highest BCUT2D eigenvalue weighted by Gasteiger charge is 1.82. The van der Waals surface area contributed by atoms with Crippen molar-refractivity contribution in [1.82, 2.24) is 0 Å². The molecule has 0 spiro atoms. The number of esters is 1. The van der Waals surface area contributed by atoms with Crippen molar-refractivity contribution < 1.29 is 9.53 Å². The van der Waals surface area contributed by atoms with Crippen molar-refractivity contribution in [3.63, 3.8) is 0 Å². The third-order valence-corrected chi connectivity index (χ3v) is 2.25. The van der Waals surface area contributed by atoms with Crippen LogP contribution in [0.5, 0.6) is 0 Å². The summed E-state index contributed by atoms with van der Waals surface area (Å²) in [6.07, 6.45) is 6.21. The molecule has 0 aliphatic carbocycles. The molecule has 0 fully saturated rings. The first-order valence-corrected chi connectivity index (χ1v) is 7.37. The Bertz CT molecular complexity index is 551. The van der Waals surface area contributed by atoms with Crippen LogP contribution in [0.2, 0.25) is 0 Å². The van der Waals surface area contributed by atoms with Gasteiger partial charge in [0.1, 0.15) is 0 Å². The summed E-state index contributed by atoms with van der Waals surface area (Å²) in [7, 11) is 1.31. The van der Waals surface area contributed by atoms with Crippen molar-refractivity contribution in [2.45, 2.75) is 20.8 Å². The minimum absolute atomic E-state index is 0.394. The van der Waals surface area contributed by atoms with E-state index < -0.39 is 5.97 Å². The van der Waals surface area contributed by atoms with Gasteiger partial charge in [-0.3, -0.25) is 0 Å². The van der Waals surface area contributed by atoms with Gasteiger partial charge in [0.2, 0.25) is 0 Å². The van der Waals surface area contributed by atoms with E-state index in [0.717, 1.165) is 11.6 Å². The fraction of sp³-hybridized carbons (Fsp3) is 0.190. The Morgan fingerprint density at radius 2 is 1.48 bits per heavy atom. The second-order valence-corrected chi connectivity index (χ2v) is 3.89. The number of hydrogen-bond acceptors (Lipinski definition) is 2. The van der Waals surface area contributed by atoms with Crippen molar-refractivity contribution in [3.05, 3.63) is 84.4 Å². The predicted octanol–water partition coefficient (Wildman–Crippen LogP) is 5.03. The highest BCUT2D eigenvalue weighted by Crippen LogP contribution is 1.93. The van der Waals surface area contributed by atoms with Gasteiger partial charge in [-0.2, -0.15) is 0 Å². The lowest BCUT2D eigenvalue weighted by molar-refractivity contribution is -0.134. The van der Waals surface area contributed by atoms with E-state index in [2.05, 4.69) is 36.3 Å². The first kappa shape index (κ1) is 22.5. The standard InChI is InChI=1S/C8H6.C7H8.C4H6O2.C2H6/c1-2-8-6-4-3-5-7-8;1-7-5-3-2-4-6-7;1-3-4(5)6-2;1-2/h1,3-7H;2-6H,1H3;3H,1H2,2H3;1-2H3. The SMILES string of the molecule is C#Cc1ccccc1.C=CC(=O)OC.CC.Cc1ccccc1. The molecule has 0 heterocycles. The molecule has 2 nitrogen and oxygen atoms in total. The smallest absolute Gasteiger partial charge is 0.329 e. The van der Waals surface area contributed by atoms with Gasteiger partial charge < -0.3 is 4.74 Å². The molecule has 0 radical (unpaired) electrons. The second-order valence-electron chi connectivity index (χ2n) is 3.89. The lowest BCUT2D eigenvalue weighted by Gasteiger charge is -1.83. The van der Waals surface area contributed by atoms with Crippen molar-refractivity contribution in [2.24, 2.45) is 0 Å². The van der Waals surface area contributed by atoms with E-state index in [1.807, 2.05) is 62.4 Å². The molecule has 0 aromatic heterocycles. The molecule has 0 amide bonds. The average Bonchev–Trinajstić information content (AvgIpc) is 2.65. The maximum Gasteiger partial charge on any atom is 0.329 e. The fourth-order valence-corrected chi connectivity index (χ4v) is 1.15. The monoisotopic (exact) mass is 310 g/mol. The molecule has 2 aromatic carbocycles. The third-order valence-electron chi connectivity index (χ3n) is 2.25. The Labute approximate surface area is 140 Å². The van der Waals surface area contributed by atoms with E-state index >= 15 is 0 Å². The van der Waals surface area contributed by atoms with Gasteiger partial charge in [0, 0.05) is 11.6 Å². The Morgan fingerprint density at radius 3 is 1.65 bits per heavy atom. The van der Waals surface area contributed by atoms with Crippen LogP contribution in [0.1, 0.15) is 25.0 Å². The molecule has 122 valence electrons. The lowest BCUT2D eigenvalue weighted by atomic mass is 10.2. The van der Waals surface area contributed by atoms with Crippen LogP contribution in [0, 0.1) is 19.3 Å². The predicted molar refractivity (Wildman–Crippen MR) is 99.1 cm³/mol. The number of carbonyl (C=O) groups is 1. The van der Waals surface area contributed by atoms with Crippen LogP contribution >= 0.6 is 0 Å².